The summed E-state index contributed by atoms with van der Waals surface area (Å²) in [7, 11) is 0. The molecule has 0 aliphatic carbocycles. The maximum atomic E-state index is 3.54. The van der Waals surface area contributed by atoms with E-state index in [-0.39, 0.29) is 0 Å². The van der Waals surface area contributed by atoms with E-state index in [0.29, 0.717) is 0 Å². The molecule has 0 aromatic heterocycles. The summed E-state index contributed by atoms with van der Waals surface area (Å²) in [5.41, 5.74) is 8.00. The normalized spacial score (nSPS) is 11.2. The smallest absolute Gasteiger partial charge is 0.0461 e. The fraction of sp³-hybridized carbons (Fsp3) is 0.500. The lowest BCUT2D eigenvalue weighted by molar-refractivity contribution is 0.671. The minimum atomic E-state index is 1.12. The van der Waals surface area contributed by atoms with Gasteiger partial charge in [-0.1, -0.05) is 123 Å². The van der Waals surface area contributed by atoms with Crippen molar-refractivity contribution in [3.05, 3.63) is 89.5 Å². The van der Waals surface area contributed by atoms with Crippen molar-refractivity contribution in [1.29, 1.82) is 0 Å². The van der Waals surface area contributed by atoms with E-state index in [9.17, 15) is 0 Å². The van der Waals surface area contributed by atoms with E-state index in [2.05, 4.69) is 125 Å². The predicted octanol–water partition coefficient (Wildman–Crippen LogP) is 12.6. The summed E-state index contributed by atoms with van der Waals surface area (Å²) in [5, 5.41) is 3.36. The highest BCUT2D eigenvalue weighted by molar-refractivity contribution is 9.09. The van der Waals surface area contributed by atoms with Gasteiger partial charge in [0.25, 0.3) is 0 Å². The number of halogens is 3. The van der Waals surface area contributed by atoms with Gasteiger partial charge < -0.3 is 4.90 Å². The topological polar surface area (TPSA) is 3.24 Å². The highest BCUT2D eigenvalue weighted by atomic mass is 79.9. The summed E-state index contributed by atoms with van der Waals surface area (Å²) in [6.45, 7) is 0. The van der Waals surface area contributed by atoms with Crippen molar-refractivity contribution in [3.63, 3.8) is 0 Å². The monoisotopic (exact) mass is 731 g/mol. The zero-order chi connectivity index (χ0) is 28.3. The number of anilines is 3. The number of benzene rings is 3. The summed E-state index contributed by atoms with van der Waals surface area (Å²) in [5.74, 6) is 0. The van der Waals surface area contributed by atoms with Crippen LogP contribution in [0.2, 0.25) is 0 Å². The molecule has 0 aliphatic rings. The molecule has 0 N–H and O–H groups in total. The first-order valence-corrected chi connectivity index (χ1v) is 18.9. The number of alkyl halides is 3. The molecule has 0 radical (unpaired) electrons. The molecule has 4 heteroatoms. The number of nitrogens with zero attached hydrogens (tertiary/aromatic N) is 1. The number of aryl methyl sites for hydroxylation is 3. The molecule has 0 aliphatic heterocycles. The second kappa shape index (κ2) is 20.7. The Hall–Kier alpha value is -1.10. The summed E-state index contributed by atoms with van der Waals surface area (Å²) in [6, 6.07) is 27.8. The lowest BCUT2D eigenvalue weighted by atomic mass is 10.0. The second-order valence-corrected chi connectivity index (χ2v) is 13.3. The van der Waals surface area contributed by atoms with Crippen LogP contribution in [0, 0.1) is 0 Å². The minimum Gasteiger partial charge on any atom is -0.311 e. The van der Waals surface area contributed by atoms with Gasteiger partial charge in [0.05, 0.1) is 0 Å². The lowest BCUT2D eigenvalue weighted by Gasteiger charge is -2.26. The van der Waals surface area contributed by atoms with Crippen LogP contribution in [0.5, 0.6) is 0 Å². The summed E-state index contributed by atoms with van der Waals surface area (Å²) in [4.78, 5) is 2.42. The molecule has 218 valence electrons. The summed E-state index contributed by atoms with van der Waals surface area (Å²) >= 11 is 10.6. The molecule has 0 bridgehead atoms. The molecule has 40 heavy (non-hydrogen) atoms. The largest absolute Gasteiger partial charge is 0.311 e. The summed E-state index contributed by atoms with van der Waals surface area (Å²) < 4.78 is 0. The number of rotatable bonds is 21. The molecule has 3 aromatic carbocycles. The van der Waals surface area contributed by atoms with Crippen LogP contribution in [-0.2, 0) is 19.3 Å². The minimum absolute atomic E-state index is 1.12. The zero-order valence-electron chi connectivity index (χ0n) is 24.2. The molecule has 3 aromatic rings. The molecule has 0 amide bonds. The molecular formula is C36H48Br3N. The standard InChI is InChI=1S/C36H48Br3N/c37-28-10-4-1-7-13-31-16-22-34(23-17-31)40(35-24-18-32(19-25-35)14-8-2-5-11-29-38)36-26-20-33(21-27-36)15-9-3-6-12-30-39/h16-27H,1-15,28-30H2. The van der Waals surface area contributed by atoms with Gasteiger partial charge in [-0.25, -0.2) is 0 Å². The third kappa shape index (κ3) is 12.4. The van der Waals surface area contributed by atoms with Crippen LogP contribution in [0.15, 0.2) is 72.8 Å². The van der Waals surface area contributed by atoms with Gasteiger partial charge in [0.2, 0.25) is 0 Å². The van der Waals surface area contributed by atoms with Crippen LogP contribution < -0.4 is 4.90 Å². The zero-order valence-corrected chi connectivity index (χ0v) is 29.0. The van der Waals surface area contributed by atoms with E-state index in [1.54, 1.807) is 0 Å². The quantitative estimate of drug-likeness (QED) is 0.0778. The van der Waals surface area contributed by atoms with Gasteiger partial charge in [0.15, 0.2) is 0 Å². The SMILES string of the molecule is BrCCCCCCc1ccc(N(c2ccc(CCCCCCBr)cc2)c2ccc(CCCCCCBr)cc2)cc1. The Balaban J connectivity index is 1.71. The van der Waals surface area contributed by atoms with Gasteiger partial charge in [-0.2, -0.15) is 0 Å². The van der Waals surface area contributed by atoms with E-state index in [1.807, 2.05) is 0 Å². The van der Waals surface area contributed by atoms with Crippen LogP contribution in [0.25, 0.3) is 0 Å². The van der Waals surface area contributed by atoms with Crippen molar-refractivity contribution in [2.45, 2.75) is 96.3 Å². The molecule has 0 heterocycles. The molecule has 0 atom stereocenters. The molecule has 0 spiro atoms. The van der Waals surface area contributed by atoms with E-state index in [0.717, 1.165) is 35.3 Å². The van der Waals surface area contributed by atoms with Crippen molar-refractivity contribution < 1.29 is 0 Å². The van der Waals surface area contributed by atoms with E-state index >= 15 is 0 Å². The molecule has 0 unspecified atom stereocenters. The number of unbranched alkanes of at least 4 members (excludes halogenated alkanes) is 9. The Morgan fingerprint density at radius 2 is 0.575 bits per heavy atom. The third-order valence-electron chi connectivity index (χ3n) is 7.63. The van der Waals surface area contributed by atoms with Crippen LogP contribution >= 0.6 is 47.8 Å². The Kier molecular flexibility index (Phi) is 17.3. The fourth-order valence-corrected chi connectivity index (χ4v) is 6.40. The van der Waals surface area contributed by atoms with E-state index in [1.165, 1.54) is 111 Å². The predicted molar refractivity (Wildman–Crippen MR) is 189 cm³/mol. The van der Waals surface area contributed by atoms with Crippen molar-refractivity contribution in [2.75, 3.05) is 20.9 Å². The molecule has 1 nitrogen and oxygen atoms in total. The maximum absolute atomic E-state index is 3.54. The van der Waals surface area contributed by atoms with Gasteiger partial charge in [-0.05, 0) is 111 Å². The number of hydrogen-bond acceptors (Lipinski definition) is 1. The Labute approximate surface area is 269 Å². The lowest BCUT2D eigenvalue weighted by Crippen LogP contribution is -2.10. The highest BCUT2D eigenvalue weighted by Gasteiger charge is 2.13. The Morgan fingerprint density at radius 3 is 0.825 bits per heavy atom. The average Bonchev–Trinajstić information content (AvgIpc) is 2.99. The fourth-order valence-electron chi connectivity index (χ4n) is 5.21. The van der Waals surface area contributed by atoms with Gasteiger partial charge in [-0.3, -0.25) is 0 Å². The van der Waals surface area contributed by atoms with Crippen LogP contribution in [-0.4, -0.2) is 16.0 Å². The first kappa shape index (κ1) is 33.4. The Morgan fingerprint density at radius 1 is 0.325 bits per heavy atom. The van der Waals surface area contributed by atoms with Crippen LogP contribution in [0.3, 0.4) is 0 Å². The van der Waals surface area contributed by atoms with Crippen molar-refractivity contribution in [1.82, 2.24) is 0 Å². The average molecular weight is 734 g/mol. The highest BCUT2D eigenvalue weighted by Crippen LogP contribution is 2.35. The molecule has 3 rings (SSSR count). The summed E-state index contributed by atoms with van der Waals surface area (Å²) in [6.07, 6.45) is 19.0. The van der Waals surface area contributed by atoms with E-state index < -0.39 is 0 Å². The Bertz CT molecular complexity index is 894. The molecule has 0 fully saturated rings. The van der Waals surface area contributed by atoms with Gasteiger partial charge in [0.1, 0.15) is 0 Å². The van der Waals surface area contributed by atoms with Crippen molar-refractivity contribution in [3.8, 4) is 0 Å². The first-order valence-electron chi connectivity index (χ1n) is 15.5. The van der Waals surface area contributed by atoms with Crippen molar-refractivity contribution in [2.24, 2.45) is 0 Å². The first-order chi connectivity index (χ1) is 19.7. The number of hydrogen-bond donors (Lipinski definition) is 0. The van der Waals surface area contributed by atoms with Gasteiger partial charge >= 0.3 is 0 Å². The van der Waals surface area contributed by atoms with Crippen LogP contribution in [0.4, 0.5) is 17.1 Å². The van der Waals surface area contributed by atoms with Gasteiger partial charge in [0, 0.05) is 33.1 Å². The van der Waals surface area contributed by atoms with Crippen LogP contribution in [0.1, 0.15) is 93.7 Å². The third-order valence-corrected chi connectivity index (χ3v) is 9.31. The second-order valence-electron chi connectivity index (χ2n) is 10.9. The van der Waals surface area contributed by atoms with Gasteiger partial charge in [-0.15, -0.1) is 0 Å². The molecule has 0 saturated carbocycles. The molecule has 0 saturated heterocycles. The van der Waals surface area contributed by atoms with E-state index in [4.69, 9.17) is 0 Å². The maximum Gasteiger partial charge on any atom is 0.0461 e. The molecular weight excluding hydrogens is 686 g/mol. The van der Waals surface area contributed by atoms with Crippen molar-refractivity contribution >= 4 is 64.9 Å².